The quantitative estimate of drug-likeness (QED) is 0.691. The third-order valence-corrected chi connectivity index (χ3v) is 2.37. The second-order valence-corrected chi connectivity index (χ2v) is 4.21. The van der Waals surface area contributed by atoms with Crippen LogP contribution in [0.5, 0.6) is 0 Å². The minimum Gasteiger partial charge on any atom is -0.253 e. The number of unbranched alkanes of at least 4 members (excludes halogenated alkanes) is 1. The molecule has 1 rings (SSSR count). The number of rotatable bonds is 6. The third-order valence-electron chi connectivity index (χ3n) is 2.37. The summed E-state index contributed by atoms with van der Waals surface area (Å²) in [7, 11) is 0. The maximum Gasteiger partial charge on any atom is 0.0827 e. The van der Waals surface area contributed by atoms with Crippen molar-refractivity contribution in [2.24, 2.45) is 5.92 Å². The summed E-state index contributed by atoms with van der Waals surface area (Å²) in [5.41, 5.74) is 1.13. The van der Waals surface area contributed by atoms with Gasteiger partial charge in [0.15, 0.2) is 0 Å². The van der Waals surface area contributed by atoms with E-state index in [1.54, 1.807) is 0 Å². The molecule has 3 heteroatoms. The molecular formula is C13H27N3. The number of hydrogen-bond acceptors (Lipinski definition) is 2. The van der Waals surface area contributed by atoms with Gasteiger partial charge in [-0.25, -0.2) is 0 Å². The van der Waals surface area contributed by atoms with Gasteiger partial charge in [0.25, 0.3) is 0 Å². The van der Waals surface area contributed by atoms with Gasteiger partial charge in [-0.1, -0.05) is 45.7 Å². The first kappa shape index (κ1) is 15.1. The normalized spacial score (nSPS) is 10.1. The molecule has 0 aliphatic rings. The van der Waals surface area contributed by atoms with Crippen LogP contribution in [0.2, 0.25) is 0 Å². The predicted molar refractivity (Wildman–Crippen MR) is 69.4 cm³/mol. The maximum absolute atomic E-state index is 4.12. The SMILES string of the molecule is CC.CCn1cc(CCCCC(C)C)nn1. The standard InChI is InChI=1S/C11H21N3.C2H6/c1-4-14-9-11(12-13-14)8-6-5-7-10(2)3;1-2/h9-10H,4-8H2,1-3H3;1-2H3. The summed E-state index contributed by atoms with van der Waals surface area (Å²) in [5, 5.41) is 8.13. The lowest BCUT2D eigenvalue weighted by Crippen LogP contribution is -1.93. The maximum atomic E-state index is 4.12. The van der Waals surface area contributed by atoms with Gasteiger partial charge in [-0.15, -0.1) is 5.10 Å². The van der Waals surface area contributed by atoms with Crippen molar-refractivity contribution in [2.45, 2.75) is 66.8 Å². The van der Waals surface area contributed by atoms with Crippen LogP contribution in [0.15, 0.2) is 6.20 Å². The molecule has 0 saturated carbocycles. The second kappa shape index (κ2) is 9.37. The number of hydrogen-bond donors (Lipinski definition) is 0. The van der Waals surface area contributed by atoms with Crippen LogP contribution in [-0.2, 0) is 13.0 Å². The summed E-state index contributed by atoms with van der Waals surface area (Å²) in [5.74, 6) is 0.821. The molecule has 94 valence electrons. The highest BCUT2D eigenvalue weighted by atomic mass is 15.4. The average molecular weight is 225 g/mol. The van der Waals surface area contributed by atoms with E-state index in [0.29, 0.717) is 0 Å². The Morgan fingerprint density at radius 1 is 1.25 bits per heavy atom. The molecule has 0 saturated heterocycles. The molecule has 3 nitrogen and oxygen atoms in total. The molecule has 0 atom stereocenters. The van der Waals surface area contributed by atoms with Crippen molar-refractivity contribution in [3.8, 4) is 0 Å². The highest BCUT2D eigenvalue weighted by Gasteiger charge is 2.00. The van der Waals surface area contributed by atoms with E-state index in [1.165, 1.54) is 19.3 Å². The third kappa shape index (κ3) is 6.59. The lowest BCUT2D eigenvalue weighted by molar-refractivity contribution is 0.536. The molecule has 0 aliphatic carbocycles. The van der Waals surface area contributed by atoms with Gasteiger partial charge >= 0.3 is 0 Å². The van der Waals surface area contributed by atoms with E-state index in [9.17, 15) is 0 Å². The molecule has 0 unspecified atom stereocenters. The van der Waals surface area contributed by atoms with Crippen LogP contribution in [-0.4, -0.2) is 15.0 Å². The molecule has 16 heavy (non-hydrogen) atoms. The van der Waals surface area contributed by atoms with Gasteiger partial charge in [0.1, 0.15) is 0 Å². The average Bonchev–Trinajstić information content (AvgIpc) is 2.75. The van der Waals surface area contributed by atoms with Crippen LogP contribution in [0.25, 0.3) is 0 Å². The van der Waals surface area contributed by atoms with Crippen molar-refractivity contribution in [2.75, 3.05) is 0 Å². The van der Waals surface area contributed by atoms with Gasteiger partial charge in [0, 0.05) is 12.7 Å². The summed E-state index contributed by atoms with van der Waals surface area (Å²) in [6.45, 7) is 11.5. The molecule has 1 aromatic heterocycles. The van der Waals surface area contributed by atoms with Gasteiger partial charge in [-0.05, 0) is 25.7 Å². The van der Waals surface area contributed by atoms with Crippen LogP contribution in [0.1, 0.15) is 59.6 Å². The molecule has 0 aliphatic heterocycles. The zero-order valence-corrected chi connectivity index (χ0v) is 11.5. The molecule has 1 heterocycles. The van der Waals surface area contributed by atoms with Crippen molar-refractivity contribution < 1.29 is 0 Å². The van der Waals surface area contributed by atoms with Crippen LogP contribution in [0.4, 0.5) is 0 Å². The van der Waals surface area contributed by atoms with Gasteiger partial charge in [-0.3, -0.25) is 4.68 Å². The van der Waals surface area contributed by atoms with Gasteiger partial charge < -0.3 is 0 Å². The summed E-state index contributed by atoms with van der Waals surface area (Å²) in [4.78, 5) is 0. The van der Waals surface area contributed by atoms with Crippen molar-refractivity contribution in [1.29, 1.82) is 0 Å². The number of aromatic nitrogens is 3. The van der Waals surface area contributed by atoms with Crippen molar-refractivity contribution in [1.82, 2.24) is 15.0 Å². The van der Waals surface area contributed by atoms with E-state index in [0.717, 1.165) is 24.6 Å². The summed E-state index contributed by atoms with van der Waals surface area (Å²) in [6.07, 6.45) is 6.99. The van der Waals surface area contributed by atoms with Crippen LogP contribution in [0.3, 0.4) is 0 Å². The predicted octanol–water partition coefficient (Wildman–Crippen LogP) is 3.69. The van der Waals surface area contributed by atoms with Gasteiger partial charge in [-0.2, -0.15) is 0 Å². The zero-order chi connectivity index (χ0) is 12.4. The summed E-state index contributed by atoms with van der Waals surface area (Å²) < 4.78 is 1.89. The largest absolute Gasteiger partial charge is 0.253 e. The Kier molecular flexibility index (Phi) is 8.87. The van der Waals surface area contributed by atoms with Crippen LogP contribution >= 0.6 is 0 Å². The second-order valence-electron chi connectivity index (χ2n) is 4.21. The molecule has 0 aromatic carbocycles. The molecule has 0 N–H and O–H groups in total. The zero-order valence-electron chi connectivity index (χ0n) is 11.5. The number of aryl methyl sites for hydroxylation is 2. The van der Waals surface area contributed by atoms with Crippen molar-refractivity contribution >= 4 is 0 Å². The molecule has 0 spiro atoms. The van der Waals surface area contributed by atoms with E-state index in [1.807, 2.05) is 18.5 Å². The Morgan fingerprint density at radius 2 is 1.94 bits per heavy atom. The molecular weight excluding hydrogens is 198 g/mol. The Bertz CT molecular complexity index is 253. The van der Waals surface area contributed by atoms with Crippen molar-refractivity contribution in [3.05, 3.63) is 11.9 Å². The Hall–Kier alpha value is -0.860. The smallest absolute Gasteiger partial charge is 0.0827 e. The van der Waals surface area contributed by atoms with E-state index in [-0.39, 0.29) is 0 Å². The molecule has 1 aromatic rings. The summed E-state index contributed by atoms with van der Waals surface area (Å²) >= 11 is 0. The molecule has 0 radical (unpaired) electrons. The highest BCUT2D eigenvalue weighted by Crippen LogP contribution is 2.08. The topological polar surface area (TPSA) is 30.7 Å². The van der Waals surface area contributed by atoms with Crippen LogP contribution < -0.4 is 0 Å². The fraction of sp³-hybridized carbons (Fsp3) is 0.846. The van der Waals surface area contributed by atoms with E-state index >= 15 is 0 Å². The monoisotopic (exact) mass is 225 g/mol. The van der Waals surface area contributed by atoms with Gasteiger partial charge in [0.05, 0.1) is 5.69 Å². The highest BCUT2D eigenvalue weighted by molar-refractivity contribution is 4.91. The molecule has 0 amide bonds. The van der Waals surface area contributed by atoms with Crippen LogP contribution in [0, 0.1) is 5.92 Å². The minimum atomic E-state index is 0.821. The van der Waals surface area contributed by atoms with E-state index < -0.39 is 0 Å². The first-order valence-corrected chi connectivity index (χ1v) is 6.61. The van der Waals surface area contributed by atoms with E-state index in [4.69, 9.17) is 0 Å². The van der Waals surface area contributed by atoms with Gasteiger partial charge in [0.2, 0.25) is 0 Å². The number of nitrogens with zero attached hydrogens (tertiary/aromatic N) is 3. The lowest BCUT2D eigenvalue weighted by Gasteiger charge is -2.02. The Morgan fingerprint density at radius 3 is 2.44 bits per heavy atom. The fourth-order valence-electron chi connectivity index (χ4n) is 1.47. The lowest BCUT2D eigenvalue weighted by atomic mass is 10.0. The Balaban J connectivity index is 0.00000106. The fourth-order valence-corrected chi connectivity index (χ4v) is 1.47. The molecule has 0 bridgehead atoms. The summed E-state index contributed by atoms with van der Waals surface area (Å²) in [6, 6.07) is 0. The Labute approximate surface area is 100 Å². The first-order valence-electron chi connectivity index (χ1n) is 6.61. The minimum absolute atomic E-state index is 0.821. The van der Waals surface area contributed by atoms with Crippen molar-refractivity contribution in [3.63, 3.8) is 0 Å². The first-order chi connectivity index (χ1) is 7.72. The van der Waals surface area contributed by atoms with E-state index in [2.05, 4.69) is 37.3 Å². The molecule has 0 fully saturated rings.